The Morgan fingerprint density at radius 2 is 1.74 bits per heavy atom. The first-order valence-electron chi connectivity index (χ1n) is 7.15. The van der Waals surface area contributed by atoms with Crippen LogP contribution in [0.15, 0.2) is 65.8 Å². The highest BCUT2D eigenvalue weighted by Crippen LogP contribution is 2.19. The van der Waals surface area contributed by atoms with E-state index in [1.54, 1.807) is 4.68 Å². The number of ether oxygens (including phenoxy) is 1. The highest BCUT2D eigenvalue weighted by atomic mass is 32.2. The molecule has 0 saturated heterocycles. The SMILES string of the molecule is O[C@H](COc1ccccc1)CSc1nnnn1-c1ccccc1. The molecule has 7 heteroatoms. The topological polar surface area (TPSA) is 73.1 Å². The normalized spacial score (nSPS) is 12.0. The number of nitrogens with zero attached hydrogens (tertiary/aromatic N) is 4. The van der Waals surface area contributed by atoms with Gasteiger partial charge in [0, 0.05) is 5.75 Å². The molecule has 23 heavy (non-hydrogen) atoms. The lowest BCUT2D eigenvalue weighted by Crippen LogP contribution is -2.20. The van der Waals surface area contributed by atoms with Crippen molar-refractivity contribution in [1.82, 2.24) is 20.2 Å². The third-order valence-electron chi connectivity index (χ3n) is 3.03. The Balaban J connectivity index is 1.54. The lowest BCUT2D eigenvalue weighted by atomic mass is 10.3. The van der Waals surface area contributed by atoms with Crippen LogP contribution in [0.2, 0.25) is 0 Å². The molecule has 0 aliphatic carbocycles. The molecule has 0 unspecified atom stereocenters. The van der Waals surface area contributed by atoms with Gasteiger partial charge in [-0.3, -0.25) is 0 Å². The molecule has 1 heterocycles. The molecule has 3 aromatic rings. The Morgan fingerprint density at radius 3 is 2.48 bits per heavy atom. The quantitative estimate of drug-likeness (QED) is 0.670. The van der Waals surface area contributed by atoms with Gasteiger partial charge >= 0.3 is 0 Å². The van der Waals surface area contributed by atoms with Gasteiger partial charge in [-0.1, -0.05) is 48.2 Å². The third kappa shape index (κ3) is 4.30. The maximum atomic E-state index is 10.0. The summed E-state index contributed by atoms with van der Waals surface area (Å²) in [6.07, 6.45) is -0.610. The fourth-order valence-corrected chi connectivity index (χ4v) is 2.72. The average Bonchev–Trinajstić information content (AvgIpc) is 3.08. The molecular formula is C16H16N4O2S. The number of para-hydroxylation sites is 2. The van der Waals surface area contributed by atoms with E-state index in [-0.39, 0.29) is 6.61 Å². The van der Waals surface area contributed by atoms with E-state index >= 15 is 0 Å². The van der Waals surface area contributed by atoms with E-state index in [2.05, 4.69) is 15.5 Å². The predicted octanol–water partition coefficient (Wildman–Crippen LogP) is 2.19. The van der Waals surface area contributed by atoms with Crippen molar-refractivity contribution in [1.29, 1.82) is 0 Å². The summed E-state index contributed by atoms with van der Waals surface area (Å²) >= 11 is 1.39. The molecule has 1 N–H and O–H groups in total. The number of hydrogen-bond acceptors (Lipinski definition) is 6. The highest BCUT2D eigenvalue weighted by molar-refractivity contribution is 7.99. The molecule has 0 aliphatic rings. The van der Waals surface area contributed by atoms with Crippen LogP contribution in [0, 0.1) is 0 Å². The van der Waals surface area contributed by atoms with Gasteiger partial charge in [0.25, 0.3) is 0 Å². The first-order chi connectivity index (χ1) is 11.3. The first kappa shape index (κ1) is 15.5. The monoisotopic (exact) mass is 328 g/mol. The summed E-state index contributed by atoms with van der Waals surface area (Å²) in [5, 5.41) is 22.4. The maximum absolute atomic E-state index is 10.0. The van der Waals surface area contributed by atoms with E-state index in [0.717, 1.165) is 11.4 Å². The van der Waals surface area contributed by atoms with Gasteiger partial charge in [0.15, 0.2) is 0 Å². The van der Waals surface area contributed by atoms with Gasteiger partial charge in [-0.25, -0.2) is 0 Å². The van der Waals surface area contributed by atoms with Gasteiger partial charge in [-0.2, -0.15) is 4.68 Å². The highest BCUT2D eigenvalue weighted by Gasteiger charge is 2.12. The van der Waals surface area contributed by atoms with E-state index < -0.39 is 6.10 Å². The molecule has 0 fully saturated rings. The Bertz CT molecular complexity index is 721. The summed E-state index contributed by atoms with van der Waals surface area (Å²) in [5.74, 6) is 1.19. The molecule has 118 valence electrons. The van der Waals surface area contributed by atoms with Gasteiger partial charge in [0.2, 0.25) is 5.16 Å². The van der Waals surface area contributed by atoms with E-state index in [1.165, 1.54) is 11.8 Å². The van der Waals surface area contributed by atoms with Crippen molar-refractivity contribution < 1.29 is 9.84 Å². The molecule has 2 aromatic carbocycles. The molecule has 6 nitrogen and oxygen atoms in total. The Kier molecular flexibility index (Phi) is 5.23. The third-order valence-corrected chi connectivity index (χ3v) is 4.10. The number of aromatic nitrogens is 4. The van der Waals surface area contributed by atoms with Gasteiger partial charge < -0.3 is 9.84 Å². The van der Waals surface area contributed by atoms with E-state index in [9.17, 15) is 5.11 Å². The number of tetrazole rings is 1. The second-order valence-electron chi connectivity index (χ2n) is 4.80. The standard InChI is InChI=1S/C16H16N4O2S/c21-14(11-22-15-9-5-2-6-10-15)12-23-16-17-18-19-20(16)13-7-3-1-4-8-13/h1-10,14,21H,11-12H2/t14-/m1/s1. The first-order valence-corrected chi connectivity index (χ1v) is 8.14. The number of hydrogen-bond donors (Lipinski definition) is 1. The van der Waals surface area contributed by atoms with Gasteiger partial charge in [0.1, 0.15) is 12.4 Å². The molecule has 0 radical (unpaired) electrons. The van der Waals surface area contributed by atoms with Crippen LogP contribution in [-0.2, 0) is 0 Å². The second kappa shape index (κ2) is 7.75. The van der Waals surface area contributed by atoms with Crippen molar-refractivity contribution >= 4 is 11.8 Å². The number of thioether (sulfide) groups is 1. The van der Waals surface area contributed by atoms with Crippen molar-refractivity contribution in [2.75, 3.05) is 12.4 Å². The zero-order chi connectivity index (χ0) is 15.9. The fraction of sp³-hybridized carbons (Fsp3) is 0.188. The van der Waals surface area contributed by atoms with Crippen molar-refractivity contribution in [3.05, 3.63) is 60.7 Å². The number of benzene rings is 2. The average molecular weight is 328 g/mol. The minimum atomic E-state index is -0.610. The van der Waals surface area contributed by atoms with Crippen LogP contribution in [0.5, 0.6) is 5.75 Å². The smallest absolute Gasteiger partial charge is 0.214 e. The lowest BCUT2D eigenvalue weighted by molar-refractivity contribution is 0.126. The Hall–Kier alpha value is -2.38. The molecule has 0 aliphatic heterocycles. The van der Waals surface area contributed by atoms with Gasteiger partial charge in [-0.15, -0.1) is 5.10 Å². The van der Waals surface area contributed by atoms with E-state index in [0.29, 0.717) is 10.9 Å². The number of aliphatic hydroxyl groups excluding tert-OH is 1. The van der Waals surface area contributed by atoms with E-state index in [4.69, 9.17) is 4.74 Å². The van der Waals surface area contributed by atoms with E-state index in [1.807, 2.05) is 60.7 Å². The fourth-order valence-electron chi connectivity index (χ4n) is 1.93. The largest absolute Gasteiger partial charge is 0.491 e. The van der Waals surface area contributed by atoms with Crippen molar-refractivity contribution in [2.45, 2.75) is 11.3 Å². The van der Waals surface area contributed by atoms with Crippen molar-refractivity contribution in [3.8, 4) is 11.4 Å². The zero-order valence-corrected chi connectivity index (χ0v) is 13.1. The molecule has 3 rings (SSSR count). The summed E-state index contributed by atoms with van der Waals surface area (Å²) in [5.41, 5.74) is 0.884. The lowest BCUT2D eigenvalue weighted by Gasteiger charge is -2.11. The Morgan fingerprint density at radius 1 is 1.04 bits per heavy atom. The van der Waals surface area contributed by atoms with Crippen molar-refractivity contribution in [2.24, 2.45) is 0 Å². The minimum Gasteiger partial charge on any atom is -0.491 e. The van der Waals surface area contributed by atoms with Gasteiger partial charge in [0.05, 0.1) is 11.8 Å². The summed E-state index contributed by atoms with van der Waals surface area (Å²) < 4.78 is 7.18. The predicted molar refractivity (Wildman–Crippen MR) is 87.8 cm³/mol. The maximum Gasteiger partial charge on any atom is 0.214 e. The zero-order valence-electron chi connectivity index (χ0n) is 12.3. The van der Waals surface area contributed by atoms with Crippen LogP contribution in [0.4, 0.5) is 0 Å². The summed E-state index contributed by atoms with van der Waals surface area (Å²) in [6.45, 7) is 0.226. The number of rotatable bonds is 7. The summed E-state index contributed by atoms with van der Waals surface area (Å²) in [7, 11) is 0. The molecule has 1 atom stereocenters. The van der Waals surface area contributed by atoms with Crippen LogP contribution >= 0.6 is 11.8 Å². The summed E-state index contributed by atoms with van der Waals surface area (Å²) in [6, 6.07) is 19.1. The number of aliphatic hydroxyl groups is 1. The van der Waals surface area contributed by atoms with Crippen LogP contribution in [0.3, 0.4) is 0 Å². The molecule has 1 aromatic heterocycles. The second-order valence-corrected chi connectivity index (χ2v) is 5.78. The molecule has 0 amide bonds. The van der Waals surface area contributed by atoms with Crippen LogP contribution < -0.4 is 4.74 Å². The summed E-state index contributed by atoms with van der Waals surface area (Å²) in [4.78, 5) is 0. The van der Waals surface area contributed by atoms with Crippen LogP contribution in [0.25, 0.3) is 5.69 Å². The van der Waals surface area contributed by atoms with Crippen molar-refractivity contribution in [3.63, 3.8) is 0 Å². The van der Waals surface area contributed by atoms with Gasteiger partial charge in [-0.05, 0) is 34.7 Å². The molecule has 0 saturated carbocycles. The van der Waals surface area contributed by atoms with Crippen LogP contribution in [-0.4, -0.2) is 43.8 Å². The minimum absolute atomic E-state index is 0.226. The van der Waals surface area contributed by atoms with Crippen LogP contribution in [0.1, 0.15) is 0 Å². The Labute approximate surface area is 138 Å². The molecule has 0 spiro atoms. The molecule has 0 bridgehead atoms. The molecular weight excluding hydrogens is 312 g/mol.